The molecule has 0 spiro atoms. The number of halogens is 2. The second kappa shape index (κ2) is 5.94. The summed E-state index contributed by atoms with van der Waals surface area (Å²) in [6.07, 6.45) is -0.159. The molecule has 1 aromatic rings. The van der Waals surface area contributed by atoms with Crippen molar-refractivity contribution in [1.29, 1.82) is 5.26 Å². The van der Waals surface area contributed by atoms with Gasteiger partial charge in [0.05, 0.1) is 12.5 Å². The Balaban J connectivity index is 3.31. The molecule has 20 heavy (non-hydrogen) atoms. The Kier molecular flexibility index (Phi) is 4.75. The van der Waals surface area contributed by atoms with Gasteiger partial charge in [-0.3, -0.25) is 0 Å². The number of carboxylic acid groups (broad SMARTS) is 1. The summed E-state index contributed by atoms with van der Waals surface area (Å²) < 4.78 is 52.7. The molecule has 1 atom stereocenters. The van der Waals surface area contributed by atoms with Gasteiger partial charge in [-0.05, 0) is 19.1 Å². The fourth-order valence-corrected chi connectivity index (χ4v) is 2.77. The quantitative estimate of drug-likeness (QED) is 0.851. The van der Waals surface area contributed by atoms with Crippen LogP contribution >= 0.6 is 0 Å². The molecule has 0 aliphatic carbocycles. The summed E-state index contributed by atoms with van der Waals surface area (Å²) >= 11 is 0. The topological polar surface area (TPSA) is 107 Å². The normalized spacial score (nSPS) is 12.7. The first-order valence-electron chi connectivity index (χ1n) is 5.31. The summed E-state index contributed by atoms with van der Waals surface area (Å²) in [5.74, 6) is -4.98. The van der Waals surface area contributed by atoms with Crippen molar-refractivity contribution in [3.8, 4) is 6.07 Å². The van der Waals surface area contributed by atoms with Gasteiger partial charge in [-0.15, -0.1) is 0 Å². The number of carboxylic acids is 1. The lowest BCUT2D eigenvalue weighted by molar-refractivity contribution is 0.0685. The van der Waals surface area contributed by atoms with E-state index in [1.165, 1.54) is 6.92 Å². The Morgan fingerprint density at radius 1 is 1.50 bits per heavy atom. The van der Waals surface area contributed by atoms with Gasteiger partial charge >= 0.3 is 5.97 Å². The van der Waals surface area contributed by atoms with E-state index < -0.39 is 44.1 Å². The molecule has 1 rings (SSSR count). The highest BCUT2D eigenvalue weighted by atomic mass is 32.2. The minimum atomic E-state index is -4.39. The Hall–Kier alpha value is -2.05. The molecular formula is C11H10F2N2O4S. The summed E-state index contributed by atoms with van der Waals surface area (Å²) in [7, 11) is -4.39. The lowest BCUT2D eigenvalue weighted by atomic mass is 10.2. The predicted molar refractivity (Wildman–Crippen MR) is 63.3 cm³/mol. The summed E-state index contributed by atoms with van der Waals surface area (Å²) in [6, 6.07) is 2.09. The number of nitriles is 1. The van der Waals surface area contributed by atoms with Gasteiger partial charge in [0.1, 0.15) is 16.3 Å². The van der Waals surface area contributed by atoms with Crippen molar-refractivity contribution in [3.05, 3.63) is 29.3 Å². The monoisotopic (exact) mass is 304 g/mol. The van der Waals surface area contributed by atoms with Crippen LogP contribution in [0.25, 0.3) is 0 Å². The van der Waals surface area contributed by atoms with E-state index in [1.54, 1.807) is 6.07 Å². The fraction of sp³-hybridized carbons (Fsp3) is 0.273. The number of nitrogens with one attached hydrogen (secondary N) is 1. The highest BCUT2D eigenvalue weighted by Gasteiger charge is 2.27. The van der Waals surface area contributed by atoms with Crippen molar-refractivity contribution in [2.24, 2.45) is 0 Å². The fourth-order valence-electron chi connectivity index (χ4n) is 1.44. The van der Waals surface area contributed by atoms with Crippen molar-refractivity contribution in [2.45, 2.75) is 24.3 Å². The molecule has 1 unspecified atom stereocenters. The number of rotatable bonds is 5. The molecule has 2 N–H and O–H groups in total. The molecule has 0 amide bonds. The van der Waals surface area contributed by atoms with Crippen LogP contribution < -0.4 is 4.72 Å². The van der Waals surface area contributed by atoms with Gasteiger partial charge in [-0.25, -0.2) is 26.7 Å². The number of nitrogens with zero attached hydrogens (tertiary/aromatic N) is 1. The number of benzene rings is 1. The van der Waals surface area contributed by atoms with Gasteiger partial charge in [-0.2, -0.15) is 5.26 Å². The van der Waals surface area contributed by atoms with Crippen LogP contribution in [0.2, 0.25) is 0 Å². The van der Waals surface area contributed by atoms with Crippen molar-refractivity contribution in [3.63, 3.8) is 0 Å². The number of sulfonamides is 1. The zero-order valence-corrected chi connectivity index (χ0v) is 11.0. The van der Waals surface area contributed by atoms with E-state index in [2.05, 4.69) is 0 Å². The van der Waals surface area contributed by atoms with Crippen LogP contribution in [0, 0.1) is 23.0 Å². The molecule has 0 aromatic heterocycles. The molecule has 0 saturated heterocycles. The zero-order chi connectivity index (χ0) is 15.5. The van der Waals surface area contributed by atoms with E-state index in [4.69, 9.17) is 10.4 Å². The van der Waals surface area contributed by atoms with E-state index >= 15 is 0 Å². The van der Waals surface area contributed by atoms with Crippen LogP contribution in [0.5, 0.6) is 0 Å². The number of carbonyl (C=O) groups is 1. The van der Waals surface area contributed by atoms with Crippen molar-refractivity contribution in [2.75, 3.05) is 0 Å². The van der Waals surface area contributed by atoms with Crippen molar-refractivity contribution >= 4 is 16.0 Å². The molecule has 0 heterocycles. The largest absolute Gasteiger partial charge is 0.477 e. The Morgan fingerprint density at radius 3 is 2.60 bits per heavy atom. The molecule has 0 radical (unpaired) electrons. The second-order valence-corrected chi connectivity index (χ2v) is 5.61. The molecule has 108 valence electrons. The zero-order valence-electron chi connectivity index (χ0n) is 10.2. The Bertz CT molecular complexity index is 682. The average molecular weight is 304 g/mol. The first-order chi connectivity index (χ1) is 9.20. The predicted octanol–water partition coefficient (Wildman–Crippen LogP) is 1.24. The maximum absolute atomic E-state index is 13.8. The first-order valence-corrected chi connectivity index (χ1v) is 6.79. The van der Waals surface area contributed by atoms with Crippen molar-refractivity contribution < 1.29 is 27.1 Å². The second-order valence-electron chi connectivity index (χ2n) is 3.92. The third kappa shape index (κ3) is 3.28. The third-order valence-electron chi connectivity index (χ3n) is 2.31. The van der Waals surface area contributed by atoms with Gasteiger partial charge in [-0.1, -0.05) is 0 Å². The van der Waals surface area contributed by atoms with Gasteiger partial charge in [0.15, 0.2) is 5.82 Å². The minimum Gasteiger partial charge on any atom is -0.477 e. The highest BCUT2D eigenvalue weighted by Crippen LogP contribution is 2.21. The van der Waals surface area contributed by atoms with Crippen molar-refractivity contribution in [1.82, 2.24) is 4.72 Å². The number of hydrogen-bond acceptors (Lipinski definition) is 4. The maximum Gasteiger partial charge on any atom is 0.341 e. The summed E-state index contributed by atoms with van der Waals surface area (Å²) in [6.45, 7) is 1.38. The molecule has 6 nitrogen and oxygen atoms in total. The smallest absolute Gasteiger partial charge is 0.341 e. The summed E-state index contributed by atoms with van der Waals surface area (Å²) in [5.41, 5.74) is -1.35. The lowest BCUT2D eigenvalue weighted by Gasteiger charge is -2.12. The van der Waals surface area contributed by atoms with Gasteiger partial charge in [0.25, 0.3) is 0 Å². The lowest BCUT2D eigenvalue weighted by Crippen LogP contribution is -2.33. The van der Waals surface area contributed by atoms with Crippen LogP contribution in [-0.2, 0) is 10.0 Å². The standard InChI is InChI=1S/C11H10F2N2O4S/c1-6(4-5-14)15-20(18,19)8-3-2-7(12)9(10(8)13)11(16)17/h2-3,6,15H,4H2,1H3,(H,16,17). The highest BCUT2D eigenvalue weighted by molar-refractivity contribution is 7.89. The Labute approximate surface area is 113 Å². The first kappa shape index (κ1) is 16.0. The number of aromatic carboxylic acids is 1. The Morgan fingerprint density at radius 2 is 2.10 bits per heavy atom. The maximum atomic E-state index is 13.8. The van der Waals surface area contributed by atoms with Gasteiger partial charge < -0.3 is 5.11 Å². The average Bonchev–Trinajstić information content (AvgIpc) is 2.27. The van der Waals surface area contributed by atoms with Gasteiger partial charge in [0.2, 0.25) is 10.0 Å². The van der Waals surface area contributed by atoms with E-state index in [0.717, 1.165) is 0 Å². The van der Waals surface area contributed by atoms with Crippen LogP contribution in [0.1, 0.15) is 23.7 Å². The van der Waals surface area contributed by atoms with Gasteiger partial charge in [0, 0.05) is 6.04 Å². The van der Waals surface area contributed by atoms with E-state index in [1.807, 2.05) is 4.72 Å². The SMILES string of the molecule is CC(CC#N)NS(=O)(=O)c1ccc(F)c(C(=O)O)c1F. The van der Waals surface area contributed by atoms with E-state index in [0.29, 0.717) is 12.1 Å². The molecule has 0 aliphatic heterocycles. The van der Waals surface area contributed by atoms with Crippen LogP contribution in [0.15, 0.2) is 17.0 Å². The van der Waals surface area contributed by atoms with Crippen LogP contribution in [0.4, 0.5) is 8.78 Å². The molecule has 0 aliphatic rings. The summed E-state index contributed by atoms with van der Waals surface area (Å²) in [5, 5.41) is 17.1. The van der Waals surface area contributed by atoms with E-state index in [9.17, 15) is 22.0 Å². The molecule has 1 aromatic carbocycles. The molecule has 9 heteroatoms. The van der Waals surface area contributed by atoms with E-state index in [-0.39, 0.29) is 6.42 Å². The van der Waals surface area contributed by atoms with Crippen LogP contribution in [-0.4, -0.2) is 25.5 Å². The third-order valence-corrected chi connectivity index (χ3v) is 3.92. The molecular weight excluding hydrogens is 294 g/mol. The minimum absolute atomic E-state index is 0.159. The molecule has 0 fully saturated rings. The van der Waals surface area contributed by atoms with Crippen LogP contribution in [0.3, 0.4) is 0 Å². The number of hydrogen-bond donors (Lipinski definition) is 2. The molecule has 0 bridgehead atoms. The summed E-state index contributed by atoms with van der Waals surface area (Å²) in [4.78, 5) is 9.72. The molecule has 0 saturated carbocycles.